The third-order valence-corrected chi connectivity index (χ3v) is 2.00. The molecule has 0 saturated carbocycles. The molecule has 0 bridgehead atoms. The molecule has 0 saturated heterocycles. The summed E-state index contributed by atoms with van der Waals surface area (Å²) in [7, 11) is 3.80. The van der Waals surface area contributed by atoms with Crippen LogP contribution in [0.3, 0.4) is 0 Å². The molecular weight excluding hydrogens is 192 g/mol. The molecule has 0 unspecified atom stereocenters. The Labute approximate surface area is 87.7 Å². The lowest BCUT2D eigenvalue weighted by molar-refractivity contribution is 0.996. The number of anilines is 2. The van der Waals surface area contributed by atoms with Gasteiger partial charge in [0.1, 0.15) is 0 Å². The first kappa shape index (κ1) is 9.57. The van der Waals surface area contributed by atoms with Crippen LogP contribution in [-0.4, -0.2) is 34.3 Å². The van der Waals surface area contributed by atoms with Crippen LogP contribution in [0.25, 0.3) is 0 Å². The van der Waals surface area contributed by atoms with Crippen molar-refractivity contribution in [3.63, 3.8) is 0 Å². The van der Waals surface area contributed by atoms with E-state index < -0.39 is 0 Å². The maximum atomic E-state index is 4.25. The van der Waals surface area contributed by atoms with Crippen LogP contribution < -0.4 is 10.2 Å². The van der Waals surface area contributed by atoms with E-state index in [1.165, 1.54) is 5.56 Å². The van der Waals surface area contributed by atoms with Gasteiger partial charge in [0.05, 0.1) is 0 Å². The highest BCUT2D eigenvalue weighted by atomic mass is 15.4. The van der Waals surface area contributed by atoms with Crippen molar-refractivity contribution in [3.05, 3.63) is 24.0 Å². The smallest absolute Gasteiger partial charge is 0.245 e. The van der Waals surface area contributed by atoms with Crippen molar-refractivity contribution in [2.75, 3.05) is 24.3 Å². The lowest BCUT2D eigenvalue weighted by Gasteiger charge is -2.03. The standard InChI is InChI=1S/C9H14N6/c1-15(2)9-12-8(13-14-9)11-6-7-3-4-10-5-7/h3-5,10H,6H2,1-2H3,(H2,11,12,13,14). The Hall–Kier alpha value is -1.98. The molecule has 2 heterocycles. The molecule has 6 heteroatoms. The Bertz CT molecular complexity index is 402. The quantitative estimate of drug-likeness (QED) is 0.692. The molecule has 0 aliphatic carbocycles. The Kier molecular flexibility index (Phi) is 2.57. The molecule has 6 nitrogen and oxygen atoms in total. The highest BCUT2D eigenvalue weighted by molar-refractivity contribution is 5.35. The molecule has 2 aromatic rings. The molecule has 0 radical (unpaired) electrons. The normalized spacial score (nSPS) is 10.3. The number of H-pyrrole nitrogens is 2. The van der Waals surface area contributed by atoms with Crippen molar-refractivity contribution in [1.82, 2.24) is 20.2 Å². The molecule has 3 N–H and O–H groups in total. The largest absolute Gasteiger partial charge is 0.367 e. The second-order valence-corrected chi connectivity index (χ2v) is 3.45. The minimum absolute atomic E-state index is 0.673. The number of nitrogens with one attached hydrogen (secondary N) is 3. The predicted octanol–water partition coefficient (Wildman–Crippen LogP) is 0.811. The summed E-state index contributed by atoms with van der Waals surface area (Å²) < 4.78 is 0. The molecule has 15 heavy (non-hydrogen) atoms. The van der Waals surface area contributed by atoms with Crippen LogP contribution in [0.1, 0.15) is 5.56 Å². The SMILES string of the molecule is CN(C)c1n[nH]c(NCc2cc[nH]c2)n1. The van der Waals surface area contributed by atoms with Crippen LogP contribution in [0, 0.1) is 0 Å². The van der Waals surface area contributed by atoms with Crippen molar-refractivity contribution in [2.24, 2.45) is 0 Å². The zero-order chi connectivity index (χ0) is 10.7. The monoisotopic (exact) mass is 206 g/mol. The predicted molar refractivity (Wildman–Crippen MR) is 58.8 cm³/mol. The average Bonchev–Trinajstić information content (AvgIpc) is 2.86. The van der Waals surface area contributed by atoms with Crippen molar-refractivity contribution in [1.29, 1.82) is 0 Å². The summed E-state index contributed by atoms with van der Waals surface area (Å²) in [5, 5.41) is 10.0. The highest BCUT2D eigenvalue weighted by Crippen LogP contribution is 2.07. The van der Waals surface area contributed by atoms with Gasteiger partial charge >= 0.3 is 0 Å². The molecule has 2 rings (SSSR count). The zero-order valence-electron chi connectivity index (χ0n) is 8.78. The summed E-state index contributed by atoms with van der Waals surface area (Å²) >= 11 is 0. The maximum Gasteiger partial charge on any atom is 0.245 e. The van der Waals surface area contributed by atoms with E-state index in [1.807, 2.05) is 37.5 Å². The molecular formula is C9H14N6. The van der Waals surface area contributed by atoms with E-state index in [-0.39, 0.29) is 0 Å². The third-order valence-electron chi connectivity index (χ3n) is 2.00. The van der Waals surface area contributed by atoms with Gasteiger partial charge in [-0.05, 0) is 11.6 Å². The van der Waals surface area contributed by atoms with E-state index in [1.54, 1.807) is 0 Å². The van der Waals surface area contributed by atoms with Gasteiger partial charge < -0.3 is 15.2 Å². The van der Waals surface area contributed by atoms with Crippen molar-refractivity contribution in [3.8, 4) is 0 Å². The summed E-state index contributed by atoms with van der Waals surface area (Å²) in [6.07, 6.45) is 3.83. The van der Waals surface area contributed by atoms with Crippen LogP contribution in [0.15, 0.2) is 18.5 Å². The van der Waals surface area contributed by atoms with Crippen LogP contribution >= 0.6 is 0 Å². The van der Waals surface area contributed by atoms with Gasteiger partial charge in [0.15, 0.2) is 0 Å². The van der Waals surface area contributed by atoms with Crippen molar-refractivity contribution in [2.45, 2.75) is 6.54 Å². The summed E-state index contributed by atoms with van der Waals surface area (Å²) in [6, 6.07) is 2.01. The first-order chi connectivity index (χ1) is 7.25. The van der Waals surface area contributed by atoms with E-state index in [0.29, 0.717) is 11.9 Å². The van der Waals surface area contributed by atoms with Gasteiger partial charge in [-0.25, -0.2) is 5.10 Å². The average molecular weight is 206 g/mol. The van der Waals surface area contributed by atoms with E-state index in [0.717, 1.165) is 6.54 Å². The molecule has 0 spiro atoms. The lowest BCUT2D eigenvalue weighted by Crippen LogP contribution is -2.10. The fraction of sp³-hybridized carbons (Fsp3) is 0.333. The van der Waals surface area contributed by atoms with Crippen LogP contribution in [-0.2, 0) is 6.54 Å². The fourth-order valence-corrected chi connectivity index (χ4v) is 1.19. The number of aromatic amines is 2. The number of hydrogen-bond acceptors (Lipinski definition) is 4. The molecule has 0 aliphatic rings. The van der Waals surface area contributed by atoms with Gasteiger partial charge in [-0.3, -0.25) is 0 Å². The van der Waals surface area contributed by atoms with Crippen molar-refractivity contribution < 1.29 is 0 Å². The molecule has 2 aromatic heterocycles. The van der Waals surface area contributed by atoms with Gasteiger partial charge in [0.2, 0.25) is 11.9 Å². The highest BCUT2D eigenvalue weighted by Gasteiger charge is 2.03. The van der Waals surface area contributed by atoms with Gasteiger partial charge in [-0.15, -0.1) is 5.10 Å². The summed E-state index contributed by atoms with van der Waals surface area (Å²) in [6.45, 7) is 0.728. The second kappa shape index (κ2) is 4.04. The number of rotatable bonds is 4. The first-order valence-corrected chi connectivity index (χ1v) is 4.71. The topological polar surface area (TPSA) is 72.6 Å². The second-order valence-electron chi connectivity index (χ2n) is 3.45. The Morgan fingerprint density at radius 3 is 2.93 bits per heavy atom. The maximum absolute atomic E-state index is 4.25. The molecule has 0 fully saturated rings. The van der Waals surface area contributed by atoms with Gasteiger partial charge in [0.25, 0.3) is 0 Å². The van der Waals surface area contributed by atoms with Crippen molar-refractivity contribution >= 4 is 11.9 Å². The minimum Gasteiger partial charge on any atom is -0.367 e. The molecule has 0 amide bonds. The Balaban J connectivity index is 1.94. The molecule has 0 aliphatic heterocycles. The minimum atomic E-state index is 0.673. The van der Waals surface area contributed by atoms with E-state index in [4.69, 9.17) is 0 Å². The molecule has 0 aromatic carbocycles. The third kappa shape index (κ3) is 2.28. The lowest BCUT2D eigenvalue weighted by atomic mass is 10.3. The number of nitrogens with zero attached hydrogens (tertiary/aromatic N) is 3. The Morgan fingerprint density at radius 2 is 2.33 bits per heavy atom. The van der Waals surface area contributed by atoms with E-state index in [9.17, 15) is 0 Å². The van der Waals surface area contributed by atoms with Gasteiger partial charge in [0, 0.05) is 33.0 Å². The summed E-state index contributed by atoms with van der Waals surface area (Å²) in [5.41, 5.74) is 1.18. The fourth-order valence-electron chi connectivity index (χ4n) is 1.19. The summed E-state index contributed by atoms with van der Waals surface area (Å²) in [5.74, 6) is 1.35. The van der Waals surface area contributed by atoms with Gasteiger partial charge in [-0.1, -0.05) is 0 Å². The van der Waals surface area contributed by atoms with Crippen LogP contribution in [0.4, 0.5) is 11.9 Å². The number of aromatic nitrogens is 4. The number of hydrogen-bond donors (Lipinski definition) is 3. The van der Waals surface area contributed by atoms with E-state index in [2.05, 4.69) is 25.5 Å². The Morgan fingerprint density at radius 1 is 1.47 bits per heavy atom. The van der Waals surface area contributed by atoms with Gasteiger partial charge in [-0.2, -0.15) is 4.98 Å². The summed E-state index contributed by atoms with van der Waals surface area (Å²) in [4.78, 5) is 9.09. The van der Waals surface area contributed by atoms with Crippen LogP contribution in [0.2, 0.25) is 0 Å². The van der Waals surface area contributed by atoms with Crippen LogP contribution in [0.5, 0.6) is 0 Å². The van der Waals surface area contributed by atoms with E-state index >= 15 is 0 Å². The molecule has 80 valence electrons. The molecule has 0 atom stereocenters. The zero-order valence-corrected chi connectivity index (χ0v) is 8.78. The first-order valence-electron chi connectivity index (χ1n) is 4.71.